The van der Waals surface area contributed by atoms with Gasteiger partial charge in [-0.25, -0.2) is 8.78 Å². The van der Waals surface area contributed by atoms with E-state index in [1.165, 1.54) is 18.2 Å². The third-order valence-corrected chi connectivity index (χ3v) is 3.64. The van der Waals surface area contributed by atoms with Gasteiger partial charge in [-0.2, -0.15) is 0 Å². The number of likely N-dealkylation sites (N-methyl/N-ethyl adjacent to an activating group) is 1. The van der Waals surface area contributed by atoms with Gasteiger partial charge in [-0.15, -0.1) is 0 Å². The second kappa shape index (κ2) is 6.98. The average Bonchev–Trinajstić information content (AvgIpc) is 2.43. The Kier molecular flexibility index (Phi) is 5.28. The zero-order valence-electron chi connectivity index (χ0n) is 11.7. The van der Waals surface area contributed by atoms with Crippen LogP contribution in [0.25, 0.3) is 0 Å². The van der Waals surface area contributed by atoms with Gasteiger partial charge in [0.25, 0.3) is 0 Å². The summed E-state index contributed by atoms with van der Waals surface area (Å²) in [6, 6.07) is 10.7. The highest BCUT2D eigenvalue weighted by molar-refractivity contribution is 6.30. The number of nitrogens with zero attached hydrogens (tertiary/aromatic N) is 1. The van der Waals surface area contributed by atoms with Crippen LogP contribution in [0.2, 0.25) is 5.02 Å². The lowest BCUT2D eigenvalue weighted by molar-refractivity contribution is 0.231. The number of benzene rings is 2. The maximum Gasteiger partial charge on any atom is 0.130 e. The highest BCUT2D eigenvalue weighted by Gasteiger charge is 2.22. The Balaban J connectivity index is 2.25. The number of halogens is 3. The number of hydrogen-bond acceptors (Lipinski definition) is 2. The molecule has 0 saturated carbocycles. The molecule has 1 unspecified atom stereocenters. The molecule has 0 aliphatic heterocycles. The molecule has 21 heavy (non-hydrogen) atoms. The Labute approximate surface area is 128 Å². The van der Waals surface area contributed by atoms with Crippen LogP contribution in [0.15, 0.2) is 42.5 Å². The van der Waals surface area contributed by atoms with E-state index in [1.54, 1.807) is 13.1 Å². The van der Waals surface area contributed by atoms with Crippen molar-refractivity contribution in [1.82, 2.24) is 4.90 Å². The molecule has 0 saturated heterocycles. The summed E-state index contributed by atoms with van der Waals surface area (Å²) in [7, 11) is 1.78. The van der Waals surface area contributed by atoms with Gasteiger partial charge in [0, 0.05) is 23.7 Å². The van der Waals surface area contributed by atoms with Crippen LogP contribution < -0.4 is 5.73 Å². The first-order chi connectivity index (χ1) is 10.0. The summed E-state index contributed by atoms with van der Waals surface area (Å²) in [5, 5.41) is 0.627. The fraction of sp³-hybridized carbons (Fsp3) is 0.250. The quantitative estimate of drug-likeness (QED) is 0.911. The topological polar surface area (TPSA) is 29.3 Å². The van der Waals surface area contributed by atoms with Crippen LogP contribution in [0, 0.1) is 11.6 Å². The molecule has 0 amide bonds. The summed E-state index contributed by atoms with van der Waals surface area (Å²) in [5.74, 6) is -1.16. The number of hydrogen-bond donors (Lipinski definition) is 1. The predicted molar refractivity (Wildman–Crippen MR) is 81.1 cm³/mol. The van der Waals surface area contributed by atoms with E-state index in [0.29, 0.717) is 11.6 Å². The average molecular weight is 311 g/mol. The second-order valence-corrected chi connectivity index (χ2v) is 5.37. The van der Waals surface area contributed by atoms with Crippen molar-refractivity contribution < 1.29 is 8.78 Å². The molecular formula is C16H17ClF2N2. The molecule has 0 fully saturated rings. The summed E-state index contributed by atoms with van der Waals surface area (Å²) >= 11 is 5.95. The van der Waals surface area contributed by atoms with E-state index in [1.807, 2.05) is 23.1 Å². The number of nitrogens with two attached hydrogens (primary N) is 1. The SMILES string of the molecule is CN(Cc1cccc(Cl)c1)C(CN)c1c(F)cccc1F. The van der Waals surface area contributed by atoms with Crippen molar-refractivity contribution >= 4 is 11.6 Å². The molecule has 2 aromatic rings. The molecule has 0 heterocycles. The van der Waals surface area contributed by atoms with E-state index in [2.05, 4.69) is 0 Å². The van der Waals surface area contributed by atoms with Crippen molar-refractivity contribution in [3.8, 4) is 0 Å². The smallest absolute Gasteiger partial charge is 0.130 e. The van der Waals surface area contributed by atoms with Crippen molar-refractivity contribution in [3.05, 3.63) is 70.2 Å². The summed E-state index contributed by atoms with van der Waals surface area (Å²) in [6.45, 7) is 0.616. The van der Waals surface area contributed by atoms with Crippen molar-refractivity contribution in [3.63, 3.8) is 0 Å². The maximum absolute atomic E-state index is 13.9. The van der Waals surface area contributed by atoms with Crippen LogP contribution >= 0.6 is 11.6 Å². The Hall–Kier alpha value is -1.49. The van der Waals surface area contributed by atoms with Crippen molar-refractivity contribution in [1.29, 1.82) is 0 Å². The van der Waals surface area contributed by atoms with E-state index < -0.39 is 17.7 Å². The van der Waals surface area contributed by atoms with Gasteiger partial charge in [0.05, 0.1) is 6.04 Å². The highest BCUT2D eigenvalue weighted by Crippen LogP contribution is 2.26. The lowest BCUT2D eigenvalue weighted by atomic mass is 10.0. The molecule has 2 aromatic carbocycles. The van der Waals surface area contributed by atoms with Gasteiger partial charge in [0.2, 0.25) is 0 Å². The molecule has 0 aliphatic carbocycles. The van der Waals surface area contributed by atoms with Gasteiger partial charge >= 0.3 is 0 Å². The molecule has 2 N–H and O–H groups in total. The summed E-state index contributed by atoms with van der Waals surface area (Å²) in [5.41, 5.74) is 6.69. The maximum atomic E-state index is 13.9. The van der Waals surface area contributed by atoms with E-state index in [9.17, 15) is 8.78 Å². The first kappa shape index (κ1) is 15.9. The van der Waals surface area contributed by atoms with Crippen LogP contribution in [-0.2, 0) is 6.54 Å². The van der Waals surface area contributed by atoms with Crippen LogP contribution in [0.3, 0.4) is 0 Å². The molecule has 2 nitrogen and oxygen atoms in total. The van der Waals surface area contributed by atoms with Crippen LogP contribution in [0.4, 0.5) is 8.78 Å². The molecule has 5 heteroatoms. The van der Waals surface area contributed by atoms with Gasteiger partial charge in [0.15, 0.2) is 0 Å². The van der Waals surface area contributed by atoms with Crippen LogP contribution in [-0.4, -0.2) is 18.5 Å². The van der Waals surface area contributed by atoms with Gasteiger partial charge in [0.1, 0.15) is 11.6 Å². The molecule has 0 spiro atoms. The van der Waals surface area contributed by atoms with E-state index in [4.69, 9.17) is 17.3 Å². The van der Waals surface area contributed by atoms with Gasteiger partial charge in [-0.05, 0) is 36.9 Å². The molecule has 112 valence electrons. The lowest BCUT2D eigenvalue weighted by Gasteiger charge is -2.28. The molecule has 1 atom stereocenters. The van der Waals surface area contributed by atoms with E-state index in [0.717, 1.165) is 5.56 Å². The minimum absolute atomic E-state index is 0.00419. The molecule has 2 rings (SSSR count). The van der Waals surface area contributed by atoms with Crippen LogP contribution in [0.5, 0.6) is 0 Å². The minimum atomic E-state index is -0.580. The first-order valence-corrected chi connectivity index (χ1v) is 6.99. The Morgan fingerprint density at radius 2 is 1.76 bits per heavy atom. The third-order valence-electron chi connectivity index (χ3n) is 3.41. The molecule has 0 aliphatic rings. The predicted octanol–water partition coefficient (Wildman–Crippen LogP) is 3.75. The largest absolute Gasteiger partial charge is 0.329 e. The summed E-state index contributed by atoms with van der Waals surface area (Å²) in [4.78, 5) is 1.81. The lowest BCUT2D eigenvalue weighted by Crippen LogP contribution is -2.31. The summed E-state index contributed by atoms with van der Waals surface area (Å²) < 4.78 is 27.8. The summed E-state index contributed by atoms with van der Waals surface area (Å²) in [6.07, 6.45) is 0. The highest BCUT2D eigenvalue weighted by atomic mass is 35.5. The Morgan fingerprint density at radius 1 is 1.14 bits per heavy atom. The van der Waals surface area contributed by atoms with Crippen LogP contribution in [0.1, 0.15) is 17.2 Å². The fourth-order valence-electron chi connectivity index (χ4n) is 2.38. The zero-order valence-corrected chi connectivity index (χ0v) is 12.4. The zero-order chi connectivity index (χ0) is 15.4. The first-order valence-electron chi connectivity index (χ1n) is 6.61. The standard InChI is InChI=1S/C16H17ClF2N2/c1-21(10-11-4-2-5-12(17)8-11)15(9-20)16-13(18)6-3-7-14(16)19/h2-8,15H,9-10,20H2,1H3. The molecular weight excluding hydrogens is 294 g/mol. The Morgan fingerprint density at radius 3 is 2.33 bits per heavy atom. The van der Waals surface area contributed by atoms with Crippen molar-refractivity contribution in [2.45, 2.75) is 12.6 Å². The van der Waals surface area contributed by atoms with E-state index in [-0.39, 0.29) is 12.1 Å². The van der Waals surface area contributed by atoms with Crippen molar-refractivity contribution in [2.75, 3.05) is 13.6 Å². The fourth-order valence-corrected chi connectivity index (χ4v) is 2.59. The van der Waals surface area contributed by atoms with Gasteiger partial charge in [-0.1, -0.05) is 29.8 Å². The molecule has 0 radical (unpaired) electrons. The van der Waals surface area contributed by atoms with Gasteiger partial charge < -0.3 is 5.73 Å². The second-order valence-electron chi connectivity index (χ2n) is 4.93. The molecule has 0 aromatic heterocycles. The number of rotatable bonds is 5. The minimum Gasteiger partial charge on any atom is -0.329 e. The van der Waals surface area contributed by atoms with Gasteiger partial charge in [-0.3, -0.25) is 4.90 Å². The molecule has 0 bridgehead atoms. The van der Waals surface area contributed by atoms with Crippen molar-refractivity contribution in [2.24, 2.45) is 5.73 Å². The third kappa shape index (κ3) is 3.79. The normalized spacial score (nSPS) is 12.7. The van der Waals surface area contributed by atoms with E-state index >= 15 is 0 Å². The Bertz CT molecular complexity index is 599. The monoisotopic (exact) mass is 310 g/mol.